The monoisotopic (exact) mass is 256 g/mol. The van der Waals surface area contributed by atoms with Gasteiger partial charge in [0.1, 0.15) is 5.58 Å². The topological polar surface area (TPSA) is 30.2 Å². The van der Waals surface area contributed by atoms with Gasteiger partial charge in [-0.15, -0.1) is 0 Å². The summed E-state index contributed by atoms with van der Waals surface area (Å²) >= 11 is 0. The second-order valence-electron chi connectivity index (χ2n) is 6.52. The highest BCUT2D eigenvalue weighted by molar-refractivity contribution is 5.79. The van der Waals surface area contributed by atoms with E-state index >= 15 is 0 Å². The highest BCUT2D eigenvalue weighted by Gasteiger charge is 2.31. The van der Waals surface area contributed by atoms with E-state index < -0.39 is 0 Å². The van der Waals surface area contributed by atoms with E-state index in [-0.39, 0.29) is 11.0 Å². The fourth-order valence-electron chi connectivity index (χ4n) is 3.15. The van der Waals surface area contributed by atoms with Gasteiger partial charge in [0.05, 0.1) is 0 Å². The van der Waals surface area contributed by atoms with Crippen LogP contribution in [-0.2, 0) is 5.41 Å². The van der Waals surface area contributed by atoms with Crippen LogP contribution in [0.4, 0.5) is 0 Å². The van der Waals surface area contributed by atoms with Gasteiger partial charge in [-0.3, -0.25) is 0 Å². The Morgan fingerprint density at radius 3 is 2.74 bits per heavy atom. The molecule has 1 heterocycles. The molecule has 0 N–H and O–H groups in total. The van der Waals surface area contributed by atoms with E-state index in [1.54, 1.807) is 6.92 Å². The number of rotatable bonds is 0. The van der Waals surface area contributed by atoms with Gasteiger partial charge in [0.25, 0.3) is 0 Å². The number of fused-ring (bicyclic) bond motifs is 2. The van der Waals surface area contributed by atoms with Crippen molar-refractivity contribution < 1.29 is 4.42 Å². The van der Waals surface area contributed by atoms with Crippen LogP contribution in [0.15, 0.2) is 27.4 Å². The SMILES string of the molecule is Cc1cc2cc3c(cc2oc1=O)C(C)CCC3(C)C. The van der Waals surface area contributed by atoms with Crippen molar-refractivity contribution in [2.24, 2.45) is 0 Å². The highest BCUT2D eigenvalue weighted by Crippen LogP contribution is 2.43. The van der Waals surface area contributed by atoms with Gasteiger partial charge in [-0.1, -0.05) is 20.8 Å². The van der Waals surface area contributed by atoms with Crippen LogP contribution < -0.4 is 5.63 Å². The summed E-state index contributed by atoms with van der Waals surface area (Å²) in [7, 11) is 0. The summed E-state index contributed by atoms with van der Waals surface area (Å²) in [4.78, 5) is 11.6. The normalized spacial score (nSPS) is 21.4. The summed E-state index contributed by atoms with van der Waals surface area (Å²) in [6.07, 6.45) is 2.41. The van der Waals surface area contributed by atoms with Gasteiger partial charge in [0.2, 0.25) is 0 Å². The van der Waals surface area contributed by atoms with E-state index in [4.69, 9.17) is 4.42 Å². The third-order valence-electron chi connectivity index (χ3n) is 4.54. The Balaban J connectivity index is 2.35. The number of benzene rings is 1. The van der Waals surface area contributed by atoms with Gasteiger partial charge in [0, 0.05) is 10.9 Å². The predicted octanol–water partition coefficient (Wildman–Crippen LogP) is 4.28. The molecular formula is C17H20O2. The van der Waals surface area contributed by atoms with Gasteiger partial charge < -0.3 is 4.42 Å². The lowest BCUT2D eigenvalue weighted by molar-refractivity contribution is 0.402. The Morgan fingerprint density at radius 1 is 1.26 bits per heavy atom. The molecule has 1 aromatic carbocycles. The maximum Gasteiger partial charge on any atom is 0.339 e. The molecule has 1 atom stereocenters. The van der Waals surface area contributed by atoms with E-state index in [0.717, 1.165) is 11.0 Å². The van der Waals surface area contributed by atoms with Crippen molar-refractivity contribution in [3.05, 3.63) is 45.3 Å². The highest BCUT2D eigenvalue weighted by atomic mass is 16.4. The van der Waals surface area contributed by atoms with Gasteiger partial charge in [0.15, 0.2) is 0 Å². The number of hydrogen-bond donors (Lipinski definition) is 0. The van der Waals surface area contributed by atoms with Gasteiger partial charge in [-0.25, -0.2) is 4.79 Å². The predicted molar refractivity (Wildman–Crippen MR) is 77.9 cm³/mol. The molecule has 2 aromatic rings. The molecule has 0 spiro atoms. The summed E-state index contributed by atoms with van der Waals surface area (Å²) in [5.74, 6) is 0.541. The molecule has 0 fully saturated rings. The third kappa shape index (κ3) is 1.90. The van der Waals surface area contributed by atoms with Crippen LogP contribution in [-0.4, -0.2) is 0 Å². The van der Waals surface area contributed by atoms with E-state index in [0.29, 0.717) is 11.5 Å². The van der Waals surface area contributed by atoms with Crippen molar-refractivity contribution in [2.75, 3.05) is 0 Å². The van der Waals surface area contributed by atoms with Crippen LogP contribution in [0.1, 0.15) is 56.2 Å². The smallest absolute Gasteiger partial charge is 0.339 e. The Kier molecular flexibility index (Phi) is 2.60. The maximum absolute atomic E-state index is 11.6. The summed E-state index contributed by atoms with van der Waals surface area (Å²) < 4.78 is 5.42. The molecule has 2 nitrogen and oxygen atoms in total. The van der Waals surface area contributed by atoms with E-state index in [9.17, 15) is 4.79 Å². The second-order valence-corrected chi connectivity index (χ2v) is 6.52. The van der Waals surface area contributed by atoms with Crippen LogP contribution >= 0.6 is 0 Å². The lowest BCUT2D eigenvalue weighted by atomic mass is 9.69. The van der Waals surface area contributed by atoms with Crippen LogP contribution in [0.2, 0.25) is 0 Å². The van der Waals surface area contributed by atoms with Crippen molar-refractivity contribution in [1.82, 2.24) is 0 Å². The van der Waals surface area contributed by atoms with Crippen molar-refractivity contribution in [1.29, 1.82) is 0 Å². The fraction of sp³-hybridized carbons (Fsp3) is 0.471. The quantitative estimate of drug-likeness (QED) is 0.659. The van der Waals surface area contributed by atoms with E-state index in [2.05, 4.69) is 32.9 Å². The average molecular weight is 256 g/mol. The molecule has 0 bridgehead atoms. The van der Waals surface area contributed by atoms with Gasteiger partial charge >= 0.3 is 5.63 Å². The summed E-state index contributed by atoms with van der Waals surface area (Å²) in [5.41, 5.74) is 4.13. The molecule has 1 aliphatic carbocycles. The summed E-state index contributed by atoms with van der Waals surface area (Å²) in [6.45, 7) is 8.66. The molecule has 0 saturated heterocycles. The molecule has 0 amide bonds. The molecule has 0 radical (unpaired) electrons. The van der Waals surface area contributed by atoms with E-state index in [1.165, 1.54) is 24.0 Å². The molecule has 0 aliphatic heterocycles. The maximum atomic E-state index is 11.6. The first kappa shape index (κ1) is 12.5. The minimum Gasteiger partial charge on any atom is -0.423 e. The minimum absolute atomic E-state index is 0.208. The average Bonchev–Trinajstić information content (AvgIpc) is 2.35. The summed E-state index contributed by atoms with van der Waals surface area (Å²) in [5, 5.41) is 1.04. The lowest BCUT2D eigenvalue weighted by Crippen LogP contribution is -2.25. The Labute approximate surface area is 113 Å². The first-order chi connectivity index (χ1) is 8.88. The zero-order valence-corrected chi connectivity index (χ0v) is 12.0. The van der Waals surface area contributed by atoms with Crippen LogP contribution in [0.5, 0.6) is 0 Å². The van der Waals surface area contributed by atoms with E-state index in [1.807, 2.05) is 6.07 Å². The van der Waals surface area contributed by atoms with Crippen LogP contribution in [0, 0.1) is 6.92 Å². The van der Waals surface area contributed by atoms with Crippen molar-refractivity contribution in [3.63, 3.8) is 0 Å². The van der Waals surface area contributed by atoms with Gasteiger partial charge in [-0.2, -0.15) is 0 Å². The molecule has 1 unspecified atom stereocenters. The minimum atomic E-state index is -0.227. The molecule has 2 heteroatoms. The number of aryl methyl sites for hydroxylation is 1. The second kappa shape index (κ2) is 3.96. The lowest BCUT2D eigenvalue weighted by Gasteiger charge is -2.36. The van der Waals surface area contributed by atoms with Crippen molar-refractivity contribution in [2.45, 2.75) is 51.9 Å². The Hall–Kier alpha value is -1.57. The number of hydrogen-bond acceptors (Lipinski definition) is 2. The van der Waals surface area contributed by atoms with Crippen LogP contribution in [0.25, 0.3) is 11.0 Å². The molecular weight excluding hydrogens is 236 g/mol. The fourth-order valence-corrected chi connectivity index (χ4v) is 3.15. The molecule has 100 valence electrons. The standard InChI is InChI=1S/C17H20O2/c1-10-5-6-17(3,4)14-8-12-7-11(2)16(18)19-15(12)9-13(10)14/h7-10H,5-6H2,1-4H3. The van der Waals surface area contributed by atoms with Crippen molar-refractivity contribution >= 4 is 11.0 Å². The molecule has 1 aliphatic rings. The van der Waals surface area contributed by atoms with Crippen LogP contribution in [0.3, 0.4) is 0 Å². The molecule has 3 rings (SSSR count). The molecule has 1 aromatic heterocycles. The van der Waals surface area contributed by atoms with Gasteiger partial charge in [-0.05, 0) is 60.4 Å². The molecule has 0 saturated carbocycles. The third-order valence-corrected chi connectivity index (χ3v) is 4.54. The zero-order chi connectivity index (χ0) is 13.8. The molecule has 19 heavy (non-hydrogen) atoms. The first-order valence-corrected chi connectivity index (χ1v) is 6.97. The largest absolute Gasteiger partial charge is 0.423 e. The Bertz CT molecular complexity index is 707. The summed E-state index contributed by atoms with van der Waals surface area (Å²) in [6, 6.07) is 6.24. The van der Waals surface area contributed by atoms with Crippen molar-refractivity contribution in [3.8, 4) is 0 Å². The zero-order valence-electron chi connectivity index (χ0n) is 12.0. The first-order valence-electron chi connectivity index (χ1n) is 6.97. The Morgan fingerprint density at radius 2 is 2.00 bits per heavy atom.